The van der Waals surface area contributed by atoms with E-state index < -0.39 is 0 Å². The van der Waals surface area contributed by atoms with Gasteiger partial charge in [0, 0.05) is 24.6 Å². The Morgan fingerprint density at radius 2 is 1.84 bits per heavy atom. The Bertz CT molecular complexity index is 979. The van der Waals surface area contributed by atoms with Gasteiger partial charge in [-0.15, -0.1) is 0 Å². The number of carbonyl (C=O) groups is 3. The number of benzene rings is 2. The predicted molar refractivity (Wildman–Crippen MR) is 116 cm³/mol. The van der Waals surface area contributed by atoms with Crippen molar-refractivity contribution < 1.29 is 19.1 Å². The number of ether oxygens (including phenoxy) is 1. The average Bonchev–Trinajstić information content (AvgIpc) is 2.80. The lowest BCUT2D eigenvalue weighted by Crippen LogP contribution is -2.45. The summed E-state index contributed by atoms with van der Waals surface area (Å²) in [5, 5.41) is 3.03. The van der Waals surface area contributed by atoms with Crippen LogP contribution in [0.4, 0.5) is 0 Å². The second-order valence-electron chi connectivity index (χ2n) is 8.43. The molecule has 162 valence electrons. The first kappa shape index (κ1) is 21.1. The van der Waals surface area contributed by atoms with Crippen LogP contribution in [0.5, 0.6) is 5.75 Å². The van der Waals surface area contributed by atoms with Crippen molar-refractivity contribution in [2.75, 3.05) is 13.7 Å². The summed E-state index contributed by atoms with van der Waals surface area (Å²) in [6.07, 6.45) is 3.53. The van der Waals surface area contributed by atoms with E-state index in [-0.39, 0.29) is 36.0 Å². The smallest absolute Gasteiger partial charge is 0.260 e. The molecular weight excluding hydrogens is 392 g/mol. The van der Waals surface area contributed by atoms with Crippen LogP contribution in [-0.2, 0) is 22.6 Å². The molecule has 1 aliphatic heterocycles. The molecule has 1 N–H and O–H groups in total. The number of rotatable bonds is 6. The molecule has 0 unspecified atom stereocenters. The van der Waals surface area contributed by atoms with Crippen molar-refractivity contribution in [3.05, 3.63) is 65.2 Å². The molecule has 2 aromatic rings. The van der Waals surface area contributed by atoms with E-state index >= 15 is 0 Å². The molecule has 0 spiro atoms. The van der Waals surface area contributed by atoms with E-state index in [4.69, 9.17) is 4.74 Å². The first-order valence-electron chi connectivity index (χ1n) is 10.9. The minimum absolute atomic E-state index is 0.0182. The third-order valence-corrected chi connectivity index (χ3v) is 6.39. The van der Waals surface area contributed by atoms with Gasteiger partial charge in [-0.3, -0.25) is 19.3 Å². The molecule has 1 aliphatic carbocycles. The average molecular weight is 421 g/mol. The summed E-state index contributed by atoms with van der Waals surface area (Å²) in [5.74, 6) is 0.764. The first-order valence-corrected chi connectivity index (χ1v) is 10.9. The van der Waals surface area contributed by atoms with Gasteiger partial charge in [0.05, 0.1) is 13.5 Å². The molecule has 31 heavy (non-hydrogen) atoms. The lowest BCUT2D eigenvalue weighted by molar-refractivity contribution is -0.130. The summed E-state index contributed by atoms with van der Waals surface area (Å²) in [4.78, 5) is 39.3. The zero-order chi connectivity index (χ0) is 21.8. The summed E-state index contributed by atoms with van der Waals surface area (Å²) >= 11 is 0. The maximum absolute atomic E-state index is 12.8. The molecule has 2 aromatic carbocycles. The molecule has 3 amide bonds. The van der Waals surface area contributed by atoms with Crippen LogP contribution >= 0.6 is 0 Å². The standard InChI is InChI=1S/C25H28N2O4/c1-31-21-7-4-5-18(13-21)15-26-24(29)19-11-9-17(10-12-19)16-27-23(28)14-20-6-2-3-8-22(20)25(27)30/h2-8,13,17,19H,9-12,14-16H2,1H3,(H,26,29). The Morgan fingerprint density at radius 3 is 2.61 bits per heavy atom. The number of hydrogen-bond donors (Lipinski definition) is 1. The molecule has 1 heterocycles. The third-order valence-electron chi connectivity index (χ3n) is 6.39. The summed E-state index contributed by atoms with van der Waals surface area (Å²) in [6.45, 7) is 0.927. The highest BCUT2D eigenvalue weighted by Crippen LogP contribution is 2.31. The largest absolute Gasteiger partial charge is 0.497 e. The van der Waals surface area contributed by atoms with Gasteiger partial charge in [0.2, 0.25) is 11.8 Å². The van der Waals surface area contributed by atoms with Gasteiger partial charge in [0.15, 0.2) is 0 Å². The minimum atomic E-state index is -0.190. The molecule has 6 nitrogen and oxygen atoms in total. The fourth-order valence-corrected chi connectivity index (χ4v) is 4.57. The zero-order valence-electron chi connectivity index (χ0n) is 17.8. The lowest BCUT2D eigenvalue weighted by Gasteiger charge is -2.33. The van der Waals surface area contributed by atoms with E-state index in [0.29, 0.717) is 18.7 Å². The minimum Gasteiger partial charge on any atom is -0.497 e. The quantitative estimate of drug-likeness (QED) is 0.728. The van der Waals surface area contributed by atoms with E-state index in [1.165, 1.54) is 4.90 Å². The van der Waals surface area contributed by atoms with Crippen LogP contribution in [0.3, 0.4) is 0 Å². The molecule has 6 heteroatoms. The SMILES string of the molecule is COc1cccc(CNC(=O)C2CCC(CN3C(=O)Cc4ccccc4C3=O)CC2)c1. The van der Waals surface area contributed by atoms with Crippen molar-refractivity contribution in [2.24, 2.45) is 11.8 Å². The number of amides is 3. The Morgan fingerprint density at radius 1 is 1.06 bits per heavy atom. The van der Waals surface area contributed by atoms with Crippen molar-refractivity contribution >= 4 is 17.7 Å². The monoisotopic (exact) mass is 420 g/mol. The van der Waals surface area contributed by atoms with Gasteiger partial charge in [-0.05, 0) is 60.9 Å². The Hall–Kier alpha value is -3.15. The maximum Gasteiger partial charge on any atom is 0.260 e. The van der Waals surface area contributed by atoms with Crippen molar-refractivity contribution in [1.29, 1.82) is 0 Å². The van der Waals surface area contributed by atoms with Gasteiger partial charge < -0.3 is 10.1 Å². The molecule has 0 radical (unpaired) electrons. The van der Waals surface area contributed by atoms with E-state index in [2.05, 4.69) is 5.32 Å². The topological polar surface area (TPSA) is 75.7 Å². The number of carbonyl (C=O) groups excluding carboxylic acids is 3. The van der Waals surface area contributed by atoms with Gasteiger partial charge in [-0.25, -0.2) is 0 Å². The van der Waals surface area contributed by atoms with Crippen LogP contribution in [0, 0.1) is 11.8 Å². The fraction of sp³-hybridized carbons (Fsp3) is 0.400. The normalized spacial score (nSPS) is 20.9. The van der Waals surface area contributed by atoms with Crippen LogP contribution in [0.25, 0.3) is 0 Å². The van der Waals surface area contributed by atoms with Crippen LogP contribution in [0.2, 0.25) is 0 Å². The molecule has 0 aromatic heterocycles. The zero-order valence-corrected chi connectivity index (χ0v) is 17.8. The molecular formula is C25H28N2O4. The van der Waals surface area contributed by atoms with E-state index in [1.807, 2.05) is 42.5 Å². The number of hydrogen-bond acceptors (Lipinski definition) is 4. The second-order valence-corrected chi connectivity index (χ2v) is 8.43. The number of nitrogens with zero attached hydrogens (tertiary/aromatic N) is 1. The molecule has 0 atom stereocenters. The number of nitrogens with one attached hydrogen (secondary N) is 1. The first-order chi connectivity index (χ1) is 15.0. The van der Waals surface area contributed by atoms with E-state index in [9.17, 15) is 14.4 Å². The molecule has 0 bridgehead atoms. The van der Waals surface area contributed by atoms with Gasteiger partial charge in [-0.2, -0.15) is 0 Å². The van der Waals surface area contributed by atoms with Crippen molar-refractivity contribution in [1.82, 2.24) is 10.2 Å². The van der Waals surface area contributed by atoms with Crippen LogP contribution < -0.4 is 10.1 Å². The summed E-state index contributed by atoms with van der Waals surface area (Å²) in [5.41, 5.74) is 2.45. The predicted octanol–water partition coefficient (Wildman–Crippen LogP) is 3.34. The van der Waals surface area contributed by atoms with Gasteiger partial charge >= 0.3 is 0 Å². The number of methoxy groups -OCH3 is 1. The highest BCUT2D eigenvalue weighted by atomic mass is 16.5. The van der Waals surface area contributed by atoms with Gasteiger partial charge in [-0.1, -0.05) is 30.3 Å². The van der Waals surface area contributed by atoms with Crippen LogP contribution in [0.15, 0.2) is 48.5 Å². The maximum atomic E-state index is 12.8. The molecule has 1 saturated carbocycles. The highest BCUT2D eigenvalue weighted by Gasteiger charge is 2.34. The molecule has 4 rings (SSSR count). The van der Waals surface area contributed by atoms with Gasteiger partial charge in [0.25, 0.3) is 5.91 Å². The van der Waals surface area contributed by atoms with Gasteiger partial charge in [0.1, 0.15) is 5.75 Å². The molecule has 2 aliphatic rings. The summed E-state index contributed by atoms with van der Waals surface area (Å²) in [7, 11) is 1.62. The van der Waals surface area contributed by atoms with Crippen LogP contribution in [-0.4, -0.2) is 36.3 Å². The van der Waals surface area contributed by atoms with Crippen molar-refractivity contribution in [3.8, 4) is 5.75 Å². The Kier molecular flexibility index (Phi) is 6.35. The van der Waals surface area contributed by atoms with Crippen LogP contribution in [0.1, 0.15) is 47.2 Å². The summed E-state index contributed by atoms with van der Waals surface area (Å²) in [6, 6.07) is 15.0. The Labute approximate surface area is 182 Å². The highest BCUT2D eigenvalue weighted by molar-refractivity contribution is 6.09. The number of fused-ring (bicyclic) bond motifs is 1. The second kappa shape index (κ2) is 9.33. The fourth-order valence-electron chi connectivity index (χ4n) is 4.57. The van der Waals surface area contributed by atoms with Crippen molar-refractivity contribution in [3.63, 3.8) is 0 Å². The molecule has 0 saturated heterocycles. The van der Waals surface area contributed by atoms with E-state index in [0.717, 1.165) is 42.6 Å². The number of imide groups is 1. The van der Waals surface area contributed by atoms with E-state index in [1.54, 1.807) is 13.2 Å². The lowest BCUT2D eigenvalue weighted by atomic mass is 9.81. The Balaban J connectivity index is 1.27. The molecule has 1 fully saturated rings. The summed E-state index contributed by atoms with van der Waals surface area (Å²) < 4.78 is 5.22. The third kappa shape index (κ3) is 4.79. The van der Waals surface area contributed by atoms with Crippen molar-refractivity contribution in [2.45, 2.75) is 38.6 Å².